The van der Waals surface area contributed by atoms with Crippen LogP contribution >= 0.6 is 0 Å². The maximum absolute atomic E-state index is 13.8. The molecule has 0 aromatic heterocycles. The number of halogens is 12. The van der Waals surface area contributed by atoms with Crippen LogP contribution in [0.15, 0.2) is 127 Å². The fraction of sp³-hybridized carbons (Fsp3) is 0.386. The molecule has 15 nitrogen and oxygen atoms in total. The Morgan fingerprint density at radius 1 is 0.595 bits per heavy atom. The predicted octanol–water partition coefficient (Wildman–Crippen LogP) is 12.4. The van der Waals surface area contributed by atoms with Crippen LogP contribution in [-0.4, -0.2) is 72.9 Å². The van der Waals surface area contributed by atoms with Crippen molar-refractivity contribution in [1.29, 1.82) is 0 Å². The van der Waals surface area contributed by atoms with Crippen LogP contribution in [0.1, 0.15) is 102 Å². The number of likely N-dealkylation sites (tertiary alicyclic amines) is 1. The summed E-state index contributed by atoms with van der Waals surface area (Å²) in [5.74, 6) is 0. The molecule has 0 saturated carbocycles. The molecule has 2 aliphatic rings. The van der Waals surface area contributed by atoms with Crippen molar-refractivity contribution >= 4 is 18.2 Å². The summed E-state index contributed by atoms with van der Waals surface area (Å²) in [5, 5.41) is 15.0. The molecule has 0 bridgehead atoms. The molecule has 5 amide bonds. The number of nitrogens with two attached hydrogens (primary N) is 2. The Bertz CT molecular complexity index is 3050. The summed E-state index contributed by atoms with van der Waals surface area (Å²) in [6.45, 7) is 16.9. The van der Waals surface area contributed by atoms with Crippen LogP contribution in [0.3, 0.4) is 0 Å². The molecule has 0 aliphatic carbocycles. The second-order valence-electron chi connectivity index (χ2n) is 19.7. The lowest BCUT2D eigenvalue weighted by atomic mass is 9.77. The van der Waals surface area contributed by atoms with E-state index in [0.717, 1.165) is 12.7 Å². The van der Waals surface area contributed by atoms with Gasteiger partial charge in [-0.15, -0.1) is 0 Å². The van der Waals surface area contributed by atoms with Gasteiger partial charge in [0, 0.05) is 7.11 Å². The van der Waals surface area contributed by atoms with Crippen LogP contribution in [-0.2, 0) is 56.6 Å². The highest BCUT2D eigenvalue weighted by molar-refractivity contribution is 5.74. The number of hydrogen-bond acceptors (Lipinski definition) is 8. The zero-order valence-electron chi connectivity index (χ0n) is 45.1. The fourth-order valence-electron chi connectivity index (χ4n) is 9.54. The molecule has 0 unspecified atom stereocenters. The smallest absolute Gasteiger partial charge is 0.416 e. The molecule has 5 aromatic carbocycles. The highest BCUT2D eigenvalue weighted by Gasteiger charge is 2.56. The minimum atomic E-state index is -5.06. The van der Waals surface area contributed by atoms with Gasteiger partial charge in [0.1, 0.15) is 13.2 Å². The van der Waals surface area contributed by atoms with Crippen LogP contribution in [0, 0.1) is 13.1 Å². The van der Waals surface area contributed by atoms with Gasteiger partial charge >= 0.3 is 54.2 Å². The van der Waals surface area contributed by atoms with Crippen molar-refractivity contribution in [1.82, 2.24) is 20.9 Å². The van der Waals surface area contributed by atoms with E-state index >= 15 is 0 Å². The molecule has 0 radical (unpaired) electrons. The molecular formula is C57H58F12N8O7. The van der Waals surface area contributed by atoms with Gasteiger partial charge in [0.05, 0.1) is 78.1 Å². The number of aliphatic hydroxyl groups is 1. The predicted molar refractivity (Wildman–Crippen MR) is 280 cm³/mol. The van der Waals surface area contributed by atoms with E-state index in [2.05, 4.69) is 25.6 Å². The third kappa shape index (κ3) is 16.8. The van der Waals surface area contributed by atoms with Crippen molar-refractivity contribution < 1.29 is 86.4 Å². The maximum atomic E-state index is 13.8. The zero-order valence-corrected chi connectivity index (χ0v) is 45.1. The molecular weight excluding hydrogens is 1140 g/mol. The first-order valence-electron chi connectivity index (χ1n) is 25.3. The molecule has 84 heavy (non-hydrogen) atoms. The number of nitrogens with zero attached hydrogens (tertiary/aromatic N) is 3. The number of benzene rings is 5. The van der Waals surface area contributed by atoms with Crippen molar-refractivity contribution in [3.05, 3.63) is 200 Å². The van der Waals surface area contributed by atoms with E-state index in [1.165, 1.54) is 18.7 Å². The van der Waals surface area contributed by atoms with E-state index in [1.807, 2.05) is 0 Å². The van der Waals surface area contributed by atoms with Crippen LogP contribution < -0.4 is 27.4 Å². The van der Waals surface area contributed by atoms with Crippen LogP contribution in [0.2, 0.25) is 0 Å². The summed E-state index contributed by atoms with van der Waals surface area (Å²) in [4.78, 5) is 45.4. The second-order valence-corrected chi connectivity index (χ2v) is 19.7. The SMILES string of the molecule is CO.[C-]#[N+][C@@]1(NC(N)=O)CC[C@@](CO[C@H](C)c2cc(C(F)(F)F)cc(C(F)(F)F)c2)(c2ccccc2)N(C(=O)OCc2ccccc2)C1.[C-]#[N+][C@@]1(NC(N)=O)CC[C@@](CO[C@H](C)c2cc(C(F)(F)F)cc(C(F)(F)F)c2)(c2ccccc2)NC1. The standard InChI is InChI=1S/C32H30F6N4O4.C24H24F6N4O2.CH4O/c1-21(23-15-25(31(33,34)35)17-26(16-23)32(36,37)38)46-20-29(24-11-7-4-8-12-24)13-14-30(40-2,41-27(39)43)19-42(29)28(44)45-18-22-9-5-3-6-10-22;1-15(16-10-18(23(25,26)27)12-19(11-16)24(28,29)30)36-14-21(17-6-4-3-5-7-17)8-9-22(32-2,13-33-21)34-20(31)35;1-2/h3-12,15-17,21H,13-14,18-20H2,1H3,(H3,39,41,43);3-7,10-12,15,33H,8-9,13-14H2,1H3,(H3,31,34,35);2H,1H3/t21-,29-,30-;15-,21-,22-;/m11./s1. The van der Waals surface area contributed by atoms with E-state index in [9.17, 15) is 67.1 Å². The minimum absolute atomic E-state index is 0.00610. The van der Waals surface area contributed by atoms with Crippen LogP contribution in [0.5, 0.6) is 0 Å². The van der Waals surface area contributed by atoms with Crippen LogP contribution in [0.4, 0.5) is 67.1 Å². The van der Waals surface area contributed by atoms with Crippen molar-refractivity contribution in [3.63, 3.8) is 0 Å². The molecule has 0 spiro atoms. The fourth-order valence-corrected chi connectivity index (χ4v) is 9.54. The summed E-state index contributed by atoms with van der Waals surface area (Å²) in [5.41, 5.74) is 0.683. The van der Waals surface area contributed by atoms with Gasteiger partial charge in [0.15, 0.2) is 0 Å². The molecule has 2 heterocycles. The number of rotatable bonds is 14. The monoisotopic (exact) mass is 1190 g/mol. The van der Waals surface area contributed by atoms with Gasteiger partial charge < -0.3 is 30.8 Å². The lowest BCUT2D eigenvalue weighted by Crippen LogP contribution is -2.66. The van der Waals surface area contributed by atoms with E-state index in [0.29, 0.717) is 35.4 Å². The number of hydrogen-bond donors (Lipinski definition) is 6. The highest BCUT2D eigenvalue weighted by atomic mass is 19.4. The Morgan fingerprint density at radius 3 is 1.38 bits per heavy atom. The van der Waals surface area contributed by atoms with Gasteiger partial charge in [-0.2, -0.15) is 52.7 Å². The third-order valence-electron chi connectivity index (χ3n) is 14.1. The topological polar surface area (TPSA) is 199 Å². The number of carbonyl (C=O) groups is 3. The molecule has 27 heteroatoms. The van der Waals surface area contributed by atoms with E-state index in [-0.39, 0.29) is 68.7 Å². The Labute approximate surface area is 474 Å². The number of urea groups is 2. The number of amides is 5. The molecule has 6 atom stereocenters. The van der Waals surface area contributed by atoms with E-state index < -0.39 is 113 Å². The maximum Gasteiger partial charge on any atom is 0.416 e. The third-order valence-corrected chi connectivity index (χ3v) is 14.1. The first-order chi connectivity index (χ1) is 39.3. The number of ether oxygens (including phenoxy) is 3. The van der Waals surface area contributed by atoms with Crippen molar-refractivity contribution in [2.24, 2.45) is 11.5 Å². The number of carbonyl (C=O) groups excluding carboxylic acids is 3. The Hall–Kier alpha value is -8.11. The number of alkyl halides is 12. The molecule has 2 aliphatic heterocycles. The van der Waals surface area contributed by atoms with Crippen molar-refractivity contribution in [2.45, 2.75) is 105 Å². The average Bonchev–Trinajstić information content (AvgIpc) is 1.09. The number of piperidine rings is 2. The Morgan fingerprint density at radius 2 is 0.988 bits per heavy atom. The van der Waals surface area contributed by atoms with Crippen LogP contribution in [0.25, 0.3) is 9.69 Å². The Kier molecular flexibility index (Phi) is 21.5. The van der Waals surface area contributed by atoms with Gasteiger partial charge in [0.25, 0.3) is 0 Å². The van der Waals surface area contributed by atoms with Gasteiger partial charge in [0.2, 0.25) is 0 Å². The van der Waals surface area contributed by atoms with Gasteiger partial charge in [-0.1, -0.05) is 91.0 Å². The van der Waals surface area contributed by atoms with Gasteiger partial charge in [-0.25, -0.2) is 27.5 Å². The number of nitrogens with one attached hydrogen (secondary N) is 3. The lowest BCUT2D eigenvalue weighted by Gasteiger charge is -2.49. The zero-order chi connectivity index (χ0) is 62.5. The van der Waals surface area contributed by atoms with Crippen molar-refractivity contribution in [3.8, 4) is 0 Å². The lowest BCUT2D eigenvalue weighted by molar-refractivity contribution is -0.145. The average molecular weight is 1200 g/mol. The molecule has 8 N–H and O–H groups in total. The quantitative estimate of drug-likeness (QED) is 0.0466. The molecule has 2 saturated heterocycles. The second kappa shape index (κ2) is 27.1. The summed E-state index contributed by atoms with van der Waals surface area (Å²) >= 11 is 0. The number of aliphatic hydroxyl groups excluding tert-OH is 1. The van der Waals surface area contributed by atoms with E-state index in [4.69, 9.17) is 43.9 Å². The van der Waals surface area contributed by atoms with Gasteiger partial charge in [-0.3, -0.25) is 30.5 Å². The Balaban J connectivity index is 0.000000307. The summed E-state index contributed by atoms with van der Waals surface area (Å²) in [7, 11) is 1.00. The molecule has 2 fully saturated rings. The highest BCUT2D eigenvalue weighted by Crippen LogP contribution is 2.45. The molecule has 5 aromatic rings. The first-order valence-corrected chi connectivity index (χ1v) is 25.3. The summed E-state index contributed by atoms with van der Waals surface area (Å²) < 4.78 is 179. The molecule has 7 rings (SSSR count). The van der Waals surface area contributed by atoms with Crippen molar-refractivity contribution in [2.75, 3.05) is 33.4 Å². The largest absolute Gasteiger partial charge is 0.445 e. The van der Waals surface area contributed by atoms with E-state index in [1.54, 1.807) is 91.0 Å². The first kappa shape index (κ1) is 66.7. The summed E-state index contributed by atoms with van der Waals surface area (Å²) in [6, 6.07) is 26.7. The summed E-state index contributed by atoms with van der Waals surface area (Å²) in [6.07, 6.45) is -23.0. The van der Waals surface area contributed by atoms with Gasteiger partial charge in [-0.05, 0) is 90.9 Å². The molecule has 452 valence electrons. The number of primary amides is 2. The normalized spacial score (nSPS) is 21.5. The minimum Gasteiger partial charge on any atom is -0.445 e.